The average molecular weight is 349 g/mol. The maximum absolute atomic E-state index is 12.0. The number of ketones is 1. The Balaban J connectivity index is 1.45. The first-order valence-corrected chi connectivity index (χ1v) is 8.36. The van der Waals surface area contributed by atoms with Gasteiger partial charge in [-0.25, -0.2) is 9.97 Å². The molecule has 2 heterocycles. The molecule has 0 bridgehead atoms. The number of hydrogen-bond donors (Lipinski definition) is 1. The van der Waals surface area contributed by atoms with Crippen LogP contribution in [0.3, 0.4) is 0 Å². The van der Waals surface area contributed by atoms with E-state index in [-0.39, 0.29) is 24.5 Å². The highest BCUT2D eigenvalue weighted by atomic mass is 16.2. The van der Waals surface area contributed by atoms with E-state index >= 15 is 0 Å². The molecule has 0 aliphatic rings. The number of benzene rings is 1. The van der Waals surface area contributed by atoms with Crippen molar-refractivity contribution in [2.24, 2.45) is 0 Å². The van der Waals surface area contributed by atoms with Gasteiger partial charge in [0.25, 0.3) is 0 Å². The molecule has 0 atom stereocenters. The molecule has 1 aromatic carbocycles. The summed E-state index contributed by atoms with van der Waals surface area (Å²) in [5.41, 5.74) is 1.31. The second-order valence-corrected chi connectivity index (χ2v) is 5.67. The zero-order valence-electron chi connectivity index (χ0n) is 14.2. The third-order valence-electron chi connectivity index (χ3n) is 3.86. The van der Waals surface area contributed by atoms with Crippen molar-refractivity contribution in [2.45, 2.75) is 19.4 Å². The maximum Gasteiger partial charge on any atom is 0.220 e. The quantitative estimate of drug-likeness (QED) is 0.629. The van der Waals surface area contributed by atoms with E-state index in [9.17, 15) is 9.59 Å². The highest BCUT2D eigenvalue weighted by Crippen LogP contribution is 2.12. The lowest BCUT2D eigenvalue weighted by Gasteiger charge is -2.08. The van der Waals surface area contributed by atoms with Crippen molar-refractivity contribution in [3.05, 3.63) is 66.9 Å². The summed E-state index contributed by atoms with van der Waals surface area (Å²) in [4.78, 5) is 36.5. The van der Waals surface area contributed by atoms with Gasteiger partial charge >= 0.3 is 0 Å². The molecule has 3 rings (SSSR count). The zero-order chi connectivity index (χ0) is 18.2. The molecule has 0 aliphatic carbocycles. The SMILES string of the molecule is O=C(CCC(=O)c1ccccc1)NCCn1ccnc1-c1cnccn1. The Hall–Kier alpha value is -3.35. The maximum atomic E-state index is 12.0. The smallest absolute Gasteiger partial charge is 0.220 e. The number of rotatable bonds is 8. The van der Waals surface area contributed by atoms with Crippen LogP contribution < -0.4 is 5.32 Å². The topological polar surface area (TPSA) is 89.8 Å². The molecule has 132 valence electrons. The Morgan fingerprint density at radius 3 is 2.62 bits per heavy atom. The fourth-order valence-electron chi connectivity index (χ4n) is 2.54. The Bertz CT molecular complexity index is 862. The van der Waals surface area contributed by atoms with Crippen molar-refractivity contribution >= 4 is 11.7 Å². The van der Waals surface area contributed by atoms with Crippen molar-refractivity contribution in [1.82, 2.24) is 24.8 Å². The van der Waals surface area contributed by atoms with Crippen LogP contribution in [-0.4, -0.2) is 37.8 Å². The monoisotopic (exact) mass is 349 g/mol. The molecule has 1 N–H and O–H groups in total. The molecular weight excluding hydrogens is 330 g/mol. The summed E-state index contributed by atoms with van der Waals surface area (Å²) in [6.45, 7) is 1.01. The second kappa shape index (κ2) is 8.66. The lowest BCUT2D eigenvalue weighted by molar-refractivity contribution is -0.121. The number of Topliss-reactive ketones (excluding diaryl/α,β-unsaturated/α-hetero) is 1. The molecular formula is C19H19N5O2. The lowest BCUT2D eigenvalue weighted by Crippen LogP contribution is -2.27. The van der Waals surface area contributed by atoms with Crippen LogP contribution in [0.1, 0.15) is 23.2 Å². The van der Waals surface area contributed by atoms with Crippen molar-refractivity contribution < 1.29 is 9.59 Å². The first-order valence-electron chi connectivity index (χ1n) is 8.36. The van der Waals surface area contributed by atoms with E-state index in [1.807, 2.05) is 29.0 Å². The summed E-state index contributed by atoms with van der Waals surface area (Å²) in [6, 6.07) is 9.00. The molecule has 0 aliphatic heterocycles. The molecule has 0 fully saturated rings. The van der Waals surface area contributed by atoms with Crippen LogP contribution in [0.15, 0.2) is 61.3 Å². The Labute approximate surface area is 151 Å². The molecule has 0 saturated carbocycles. The van der Waals surface area contributed by atoms with E-state index in [0.717, 1.165) is 0 Å². The number of imidazole rings is 1. The molecule has 3 aromatic rings. The second-order valence-electron chi connectivity index (χ2n) is 5.67. The summed E-state index contributed by atoms with van der Waals surface area (Å²) < 4.78 is 1.90. The molecule has 1 amide bonds. The van der Waals surface area contributed by atoms with Gasteiger partial charge < -0.3 is 9.88 Å². The van der Waals surface area contributed by atoms with Crippen LogP contribution in [0.2, 0.25) is 0 Å². The molecule has 26 heavy (non-hydrogen) atoms. The molecule has 0 spiro atoms. The minimum absolute atomic E-state index is 0.0275. The van der Waals surface area contributed by atoms with Gasteiger partial charge in [0.15, 0.2) is 11.6 Å². The fraction of sp³-hybridized carbons (Fsp3) is 0.211. The zero-order valence-corrected chi connectivity index (χ0v) is 14.2. The van der Waals surface area contributed by atoms with Crippen LogP contribution in [0.25, 0.3) is 11.5 Å². The average Bonchev–Trinajstić information content (AvgIpc) is 3.16. The third-order valence-corrected chi connectivity index (χ3v) is 3.86. The van der Waals surface area contributed by atoms with E-state index in [4.69, 9.17) is 0 Å². The lowest BCUT2D eigenvalue weighted by atomic mass is 10.1. The molecule has 2 aromatic heterocycles. The highest BCUT2D eigenvalue weighted by molar-refractivity contribution is 5.97. The van der Waals surface area contributed by atoms with Crippen molar-refractivity contribution in [2.75, 3.05) is 6.54 Å². The van der Waals surface area contributed by atoms with Gasteiger partial charge in [-0.2, -0.15) is 0 Å². The van der Waals surface area contributed by atoms with E-state index in [0.29, 0.717) is 30.2 Å². The molecule has 0 radical (unpaired) electrons. The largest absolute Gasteiger partial charge is 0.354 e. The minimum Gasteiger partial charge on any atom is -0.354 e. The Morgan fingerprint density at radius 1 is 1.00 bits per heavy atom. The molecule has 7 nitrogen and oxygen atoms in total. The van der Waals surface area contributed by atoms with Gasteiger partial charge in [0.05, 0.1) is 6.20 Å². The predicted octanol–water partition coefficient (Wildman–Crippen LogP) is 2.12. The van der Waals surface area contributed by atoms with Crippen LogP contribution in [0.5, 0.6) is 0 Å². The molecule has 0 unspecified atom stereocenters. The van der Waals surface area contributed by atoms with Crippen LogP contribution in [-0.2, 0) is 11.3 Å². The number of carbonyl (C=O) groups is 2. The number of hydrogen-bond acceptors (Lipinski definition) is 5. The molecule has 0 saturated heterocycles. The van der Waals surface area contributed by atoms with Gasteiger partial charge in [0, 0.05) is 56.3 Å². The van der Waals surface area contributed by atoms with E-state index in [1.165, 1.54) is 0 Å². The molecule has 7 heteroatoms. The Kier molecular flexibility index (Phi) is 5.82. The predicted molar refractivity (Wildman–Crippen MR) is 96.3 cm³/mol. The van der Waals surface area contributed by atoms with Crippen LogP contribution in [0, 0.1) is 0 Å². The summed E-state index contributed by atoms with van der Waals surface area (Å²) in [5, 5.41) is 2.83. The number of nitrogens with one attached hydrogen (secondary N) is 1. The summed E-state index contributed by atoms with van der Waals surface area (Å²) in [5.74, 6) is 0.530. The van der Waals surface area contributed by atoms with Gasteiger partial charge in [-0.3, -0.25) is 14.6 Å². The number of nitrogens with zero attached hydrogens (tertiary/aromatic N) is 4. The Morgan fingerprint density at radius 2 is 1.85 bits per heavy atom. The normalized spacial score (nSPS) is 10.5. The van der Waals surface area contributed by atoms with Crippen LogP contribution in [0.4, 0.5) is 0 Å². The highest BCUT2D eigenvalue weighted by Gasteiger charge is 2.10. The van der Waals surface area contributed by atoms with Crippen molar-refractivity contribution in [1.29, 1.82) is 0 Å². The minimum atomic E-state index is -0.143. The first-order chi connectivity index (χ1) is 12.7. The number of aromatic nitrogens is 4. The fourth-order valence-corrected chi connectivity index (χ4v) is 2.54. The van der Waals surface area contributed by atoms with E-state index in [2.05, 4.69) is 20.3 Å². The van der Waals surface area contributed by atoms with Gasteiger partial charge in [0.1, 0.15) is 5.69 Å². The first kappa shape index (κ1) is 17.5. The summed E-state index contributed by atoms with van der Waals surface area (Å²) in [7, 11) is 0. The van der Waals surface area contributed by atoms with E-state index < -0.39 is 0 Å². The third kappa shape index (κ3) is 4.60. The summed E-state index contributed by atoms with van der Waals surface area (Å²) >= 11 is 0. The van der Waals surface area contributed by atoms with Gasteiger partial charge in [-0.15, -0.1) is 0 Å². The van der Waals surface area contributed by atoms with E-state index in [1.54, 1.807) is 36.9 Å². The number of carbonyl (C=O) groups excluding carboxylic acids is 2. The number of amides is 1. The van der Waals surface area contributed by atoms with Gasteiger partial charge in [-0.05, 0) is 0 Å². The summed E-state index contributed by atoms with van der Waals surface area (Å²) in [6.07, 6.45) is 8.75. The van der Waals surface area contributed by atoms with Crippen molar-refractivity contribution in [3.8, 4) is 11.5 Å². The van der Waals surface area contributed by atoms with Gasteiger partial charge in [-0.1, -0.05) is 30.3 Å². The standard InChI is InChI=1S/C19H19N5O2/c25-17(15-4-2-1-3-5-15)6-7-18(26)22-10-12-24-13-11-23-19(24)16-14-20-8-9-21-16/h1-5,8-9,11,13-14H,6-7,10,12H2,(H,22,26). The van der Waals surface area contributed by atoms with Crippen molar-refractivity contribution in [3.63, 3.8) is 0 Å². The van der Waals surface area contributed by atoms with Crippen LogP contribution >= 0.6 is 0 Å². The van der Waals surface area contributed by atoms with Gasteiger partial charge in [0.2, 0.25) is 5.91 Å².